The van der Waals surface area contributed by atoms with Crippen LogP contribution in [0, 0.1) is 5.82 Å². The number of likely N-dealkylation sites (N-methyl/N-ethyl adjacent to an activating group) is 1. The van der Waals surface area contributed by atoms with Crippen molar-refractivity contribution in [1.82, 2.24) is 4.90 Å². The molecule has 2 aromatic rings. The molecule has 2 rings (SSSR count). The summed E-state index contributed by atoms with van der Waals surface area (Å²) in [4.78, 5) is 19.5. The Morgan fingerprint density at radius 2 is 2.14 bits per heavy atom. The fraction of sp³-hybridized carbons (Fsp3) is 0.200. The third kappa shape index (κ3) is 5.00. The molecular weight excluding hydrogens is 291 g/mol. The maximum Gasteiger partial charge on any atom is 0.263 e. The van der Waals surface area contributed by atoms with Crippen LogP contribution in [0.5, 0.6) is 0 Å². The summed E-state index contributed by atoms with van der Waals surface area (Å²) in [5, 5.41) is 5.67. The third-order valence-electron chi connectivity index (χ3n) is 2.73. The lowest BCUT2D eigenvalue weighted by Crippen LogP contribution is -2.29. The fourth-order valence-corrected chi connectivity index (χ4v) is 2.33. The number of oxime groups is 1. The molecule has 4 nitrogen and oxygen atoms in total. The Labute approximate surface area is 126 Å². The number of hydrogen-bond donors (Lipinski definition) is 0. The van der Waals surface area contributed by atoms with Crippen LogP contribution in [-0.2, 0) is 16.2 Å². The SMILES string of the molecule is CN(Cc1cccs1)C(=O)CO/N=C/c1ccc(F)cc1. The normalized spacial score (nSPS) is 10.8. The van der Waals surface area contributed by atoms with Crippen molar-refractivity contribution in [1.29, 1.82) is 0 Å². The Kier molecular flexibility index (Phi) is 5.45. The van der Waals surface area contributed by atoms with Crippen LogP contribution in [0.4, 0.5) is 4.39 Å². The van der Waals surface area contributed by atoms with Crippen LogP contribution in [0.15, 0.2) is 46.9 Å². The summed E-state index contributed by atoms with van der Waals surface area (Å²) in [6, 6.07) is 9.74. The summed E-state index contributed by atoms with van der Waals surface area (Å²) < 4.78 is 12.7. The highest BCUT2D eigenvalue weighted by Gasteiger charge is 2.09. The second-order valence-corrected chi connectivity index (χ2v) is 5.42. The molecule has 0 N–H and O–H groups in total. The number of benzene rings is 1. The van der Waals surface area contributed by atoms with Crippen LogP contribution < -0.4 is 0 Å². The summed E-state index contributed by atoms with van der Waals surface area (Å²) in [5.74, 6) is -0.460. The fourth-order valence-electron chi connectivity index (χ4n) is 1.57. The van der Waals surface area contributed by atoms with Crippen molar-refractivity contribution < 1.29 is 14.0 Å². The van der Waals surface area contributed by atoms with Gasteiger partial charge in [0.1, 0.15) is 5.82 Å². The Morgan fingerprint density at radius 1 is 1.38 bits per heavy atom. The van der Waals surface area contributed by atoms with Crippen LogP contribution in [0.2, 0.25) is 0 Å². The van der Waals surface area contributed by atoms with Crippen molar-refractivity contribution in [2.24, 2.45) is 5.16 Å². The number of carbonyl (C=O) groups is 1. The monoisotopic (exact) mass is 306 g/mol. The summed E-state index contributed by atoms with van der Waals surface area (Å²) >= 11 is 1.60. The lowest BCUT2D eigenvalue weighted by atomic mass is 10.2. The van der Waals surface area contributed by atoms with Crippen molar-refractivity contribution in [3.63, 3.8) is 0 Å². The minimum atomic E-state index is -0.307. The molecule has 0 aliphatic carbocycles. The van der Waals surface area contributed by atoms with Gasteiger partial charge in [-0.25, -0.2) is 4.39 Å². The van der Waals surface area contributed by atoms with Gasteiger partial charge in [-0.2, -0.15) is 0 Å². The van der Waals surface area contributed by atoms with E-state index >= 15 is 0 Å². The van der Waals surface area contributed by atoms with Gasteiger partial charge >= 0.3 is 0 Å². The number of carbonyl (C=O) groups excluding carboxylic acids is 1. The van der Waals surface area contributed by atoms with E-state index in [0.717, 1.165) is 4.88 Å². The van der Waals surface area contributed by atoms with E-state index in [1.807, 2.05) is 17.5 Å². The van der Waals surface area contributed by atoms with Crippen molar-refractivity contribution >= 4 is 23.5 Å². The van der Waals surface area contributed by atoms with E-state index in [9.17, 15) is 9.18 Å². The van der Waals surface area contributed by atoms with Crippen LogP contribution >= 0.6 is 11.3 Å². The van der Waals surface area contributed by atoms with Gasteiger partial charge in [-0.1, -0.05) is 23.4 Å². The first-order chi connectivity index (χ1) is 10.1. The number of rotatable bonds is 6. The zero-order chi connectivity index (χ0) is 15.1. The molecule has 1 aromatic heterocycles. The highest BCUT2D eigenvalue weighted by molar-refractivity contribution is 7.09. The zero-order valence-corrected chi connectivity index (χ0v) is 12.3. The molecule has 21 heavy (non-hydrogen) atoms. The first-order valence-electron chi connectivity index (χ1n) is 6.32. The lowest BCUT2D eigenvalue weighted by Gasteiger charge is -2.14. The maximum absolute atomic E-state index is 12.7. The molecule has 0 atom stereocenters. The lowest BCUT2D eigenvalue weighted by molar-refractivity contribution is -0.135. The number of halogens is 1. The first kappa shape index (κ1) is 15.2. The Morgan fingerprint density at radius 3 is 2.81 bits per heavy atom. The summed E-state index contributed by atoms with van der Waals surface area (Å²) in [6.45, 7) is 0.432. The number of nitrogens with zero attached hydrogens (tertiary/aromatic N) is 2. The van der Waals surface area contributed by atoms with E-state index in [1.54, 1.807) is 35.4 Å². The van der Waals surface area contributed by atoms with Gasteiger partial charge in [0.15, 0.2) is 6.61 Å². The smallest absolute Gasteiger partial charge is 0.263 e. The summed E-state index contributed by atoms with van der Waals surface area (Å²) in [5.41, 5.74) is 0.704. The molecule has 1 heterocycles. The van der Waals surface area contributed by atoms with Crippen molar-refractivity contribution in [3.8, 4) is 0 Å². The molecule has 0 aliphatic heterocycles. The third-order valence-corrected chi connectivity index (χ3v) is 3.59. The highest BCUT2D eigenvalue weighted by Crippen LogP contribution is 2.10. The van der Waals surface area contributed by atoms with E-state index in [0.29, 0.717) is 12.1 Å². The minimum absolute atomic E-state index is 0.125. The van der Waals surface area contributed by atoms with Gasteiger partial charge in [0.2, 0.25) is 0 Å². The van der Waals surface area contributed by atoms with Gasteiger partial charge in [0.25, 0.3) is 5.91 Å². The van der Waals surface area contributed by atoms with Crippen LogP contribution in [0.1, 0.15) is 10.4 Å². The Hall–Kier alpha value is -2.21. The first-order valence-corrected chi connectivity index (χ1v) is 7.20. The van der Waals surface area contributed by atoms with E-state index in [1.165, 1.54) is 18.3 Å². The molecule has 1 amide bonds. The summed E-state index contributed by atoms with van der Waals surface area (Å²) in [7, 11) is 1.72. The molecule has 0 unspecified atom stereocenters. The van der Waals surface area contributed by atoms with Crippen molar-refractivity contribution in [3.05, 3.63) is 58.0 Å². The van der Waals surface area contributed by atoms with E-state index < -0.39 is 0 Å². The second kappa shape index (κ2) is 7.54. The van der Waals surface area contributed by atoms with Crippen molar-refractivity contribution in [2.75, 3.05) is 13.7 Å². The highest BCUT2D eigenvalue weighted by atomic mass is 32.1. The average Bonchev–Trinajstić information content (AvgIpc) is 2.98. The molecule has 6 heteroatoms. The quantitative estimate of drug-likeness (QED) is 0.608. The number of thiophene rings is 1. The molecule has 0 bridgehead atoms. The molecule has 0 saturated heterocycles. The Bertz CT molecular complexity index is 597. The molecular formula is C15H15FN2O2S. The van der Waals surface area contributed by atoms with E-state index in [2.05, 4.69) is 5.16 Å². The summed E-state index contributed by atoms with van der Waals surface area (Å²) in [6.07, 6.45) is 1.44. The van der Waals surface area contributed by atoms with Crippen LogP contribution in [0.3, 0.4) is 0 Å². The molecule has 0 fully saturated rings. The van der Waals surface area contributed by atoms with Gasteiger partial charge in [0.05, 0.1) is 12.8 Å². The topological polar surface area (TPSA) is 41.9 Å². The number of hydrogen-bond acceptors (Lipinski definition) is 4. The molecule has 0 aliphatic rings. The van der Waals surface area contributed by atoms with Crippen molar-refractivity contribution in [2.45, 2.75) is 6.54 Å². The average molecular weight is 306 g/mol. The second-order valence-electron chi connectivity index (χ2n) is 4.39. The van der Waals surface area contributed by atoms with Crippen LogP contribution in [-0.4, -0.2) is 30.7 Å². The predicted octanol–water partition coefficient (Wildman–Crippen LogP) is 2.90. The minimum Gasteiger partial charge on any atom is -0.386 e. The molecule has 1 aromatic carbocycles. The molecule has 0 spiro atoms. The largest absolute Gasteiger partial charge is 0.386 e. The maximum atomic E-state index is 12.7. The molecule has 0 radical (unpaired) electrons. The van der Waals surface area contributed by atoms with Gasteiger partial charge in [-0.15, -0.1) is 11.3 Å². The van der Waals surface area contributed by atoms with Gasteiger partial charge in [-0.05, 0) is 29.1 Å². The van der Waals surface area contributed by atoms with Gasteiger partial charge in [-0.3, -0.25) is 4.79 Å². The molecule has 110 valence electrons. The van der Waals surface area contributed by atoms with Gasteiger partial charge in [0, 0.05) is 11.9 Å². The molecule has 0 saturated carbocycles. The zero-order valence-electron chi connectivity index (χ0n) is 11.5. The van der Waals surface area contributed by atoms with E-state index in [4.69, 9.17) is 4.84 Å². The van der Waals surface area contributed by atoms with Gasteiger partial charge < -0.3 is 9.74 Å². The van der Waals surface area contributed by atoms with Crippen LogP contribution in [0.25, 0.3) is 0 Å². The number of amides is 1. The Balaban J connectivity index is 1.74. The predicted molar refractivity (Wildman–Crippen MR) is 80.7 cm³/mol. The standard InChI is InChI=1S/C15H15FN2O2S/c1-18(10-14-3-2-8-21-14)15(19)11-20-17-9-12-4-6-13(16)7-5-12/h2-9H,10-11H2,1H3/b17-9+. The van der Waals surface area contributed by atoms with E-state index in [-0.39, 0.29) is 18.3 Å².